The van der Waals surface area contributed by atoms with E-state index in [2.05, 4.69) is 25.2 Å². The number of ether oxygens (including phenoxy) is 2. The first-order chi connectivity index (χ1) is 17.3. The van der Waals surface area contributed by atoms with Gasteiger partial charge in [-0.3, -0.25) is 10.1 Å². The molecule has 3 aliphatic rings. The van der Waals surface area contributed by atoms with Crippen molar-refractivity contribution in [3.8, 4) is 0 Å². The molecule has 0 spiro atoms. The fraction of sp³-hybridized carbons (Fsp3) is 0.484. The maximum atomic E-state index is 14.0. The zero-order chi connectivity index (χ0) is 26.8. The van der Waals surface area contributed by atoms with Crippen molar-refractivity contribution in [2.24, 2.45) is 5.92 Å². The SMILES string of the molecule is C[C@H]1COC2=C1C(=O)C(O)(Cc1ccc(NC(=O)OC(C)(C)C)cc1)c1c2ccc2c1CCCC2(C)C. The molecule has 2 aromatic rings. The zero-order valence-electron chi connectivity index (χ0n) is 22.7. The highest BCUT2D eigenvalue weighted by Crippen LogP contribution is 2.51. The molecule has 6 heteroatoms. The average molecular weight is 504 g/mol. The summed E-state index contributed by atoms with van der Waals surface area (Å²) in [6.45, 7) is 12.3. The van der Waals surface area contributed by atoms with Crippen LogP contribution in [0, 0.1) is 5.92 Å². The van der Waals surface area contributed by atoms with Crippen molar-refractivity contribution in [3.63, 3.8) is 0 Å². The molecule has 1 heterocycles. The lowest BCUT2D eigenvalue weighted by atomic mass is 9.64. The predicted octanol–water partition coefficient (Wildman–Crippen LogP) is 6.04. The average Bonchev–Trinajstić information content (AvgIpc) is 3.18. The zero-order valence-corrected chi connectivity index (χ0v) is 22.7. The van der Waals surface area contributed by atoms with Crippen LogP contribution in [0.3, 0.4) is 0 Å². The second-order valence-electron chi connectivity index (χ2n) is 12.4. The number of nitrogens with one attached hydrogen (secondary N) is 1. The lowest BCUT2D eigenvalue weighted by Gasteiger charge is -2.41. The van der Waals surface area contributed by atoms with Crippen LogP contribution in [0.5, 0.6) is 0 Å². The van der Waals surface area contributed by atoms with Gasteiger partial charge in [0.15, 0.2) is 11.4 Å². The molecule has 1 unspecified atom stereocenters. The fourth-order valence-electron chi connectivity index (χ4n) is 6.12. The van der Waals surface area contributed by atoms with E-state index in [1.54, 1.807) is 12.1 Å². The van der Waals surface area contributed by atoms with E-state index >= 15 is 0 Å². The van der Waals surface area contributed by atoms with Gasteiger partial charge in [-0.25, -0.2) is 4.79 Å². The Balaban J connectivity index is 1.53. The highest BCUT2D eigenvalue weighted by molar-refractivity contribution is 6.12. The third-order valence-corrected chi connectivity index (χ3v) is 7.82. The van der Waals surface area contributed by atoms with Gasteiger partial charge in [-0.1, -0.05) is 45.0 Å². The molecule has 0 radical (unpaired) electrons. The quantitative estimate of drug-likeness (QED) is 0.534. The molecule has 2 aromatic carbocycles. The standard InChI is InChI=1S/C31H37NO5/c1-18-17-36-26-22-13-14-23-21(8-7-15-30(23,5)6)25(22)31(35,27(33)24(18)26)16-19-9-11-20(12-10-19)32-28(34)37-29(2,3)4/h9-14,18,35H,7-8,15-17H2,1-6H3,(H,32,34)/t18-,31?/m0/s1. The van der Waals surface area contributed by atoms with Gasteiger partial charge in [-0.2, -0.15) is 0 Å². The van der Waals surface area contributed by atoms with Gasteiger partial charge in [0.2, 0.25) is 0 Å². The maximum absolute atomic E-state index is 14.0. The second kappa shape index (κ2) is 8.73. The number of fused-ring (bicyclic) bond motifs is 4. The molecule has 0 aromatic heterocycles. The molecule has 0 fully saturated rings. The first kappa shape index (κ1) is 25.5. The Morgan fingerprint density at radius 3 is 2.54 bits per heavy atom. The Morgan fingerprint density at radius 1 is 1.16 bits per heavy atom. The summed E-state index contributed by atoms with van der Waals surface area (Å²) in [5, 5.41) is 15.1. The Hall–Kier alpha value is -3.12. The Bertz CT molecular complexity index is 1300. The Labute approximate surface area is 219 Å². The molecular weight excluding hydrogens is 466 g/mol. The number of carbonyl (C=O) groups excluding carboxylic acids is 2. The molecule has 0 saturated carbocycles. The van der Waals surface area contributed by atoms with Crippen LogP contribution in [0.25, 0.3) is 5.76 Å². The molecule has 0 saturated heterocycles. The van der Waals surface area contributed by atoms with Crippen molar-refractivity contribution in [1.29, 1.82) is 0 Å². The summed E-state index contributed by atoms with van der Waals surface area (Å²) in [5.74, 6) is 0.308. The van der Waals surface area contributed by atoms with E-state index in [9.17, 15) is 14.7 Å². The smallest absolute Gasteiger partial charge is 0.412 e. The Morgan fingerprint density at radius 2 is 1.86 bits per heavy atom. The molecule has 1 aliphatic heterocycles. The third-order valence-electron chi connectivity index (χ3n) is 7.82. The normalized spacial score (nSPS) is 24.1. The number of rotatable bonds is 3. The van der Waals surface area contributed by atoms with Crippen LogP contribution in [0.2, 0.25) is 0 Å². The lowest BCUT2D eigenvalue weighted by Crippen LogP contribution is -2.45. The highest BCUT2D eigenvalue weighted by Gasteiger charge is 2.52. The number of ketones is 1. The molecular formula is C31H37NO5. The van der Waals surface area contributed by atoms with Crippen LogP contribution in [-0.4, -0.2) is 29.2 Å². The number of hydrogen-bond acceptors (Lipinski definition) is 5. The summed E-state index contributed by atoms with van der Waals surface area (Å²) in [7, 11) is 0. The number of hydrogen-bond donors (Lipinski definition) is 2. The first-order valence-electron chi connectivity index (χ1n) is 13.2. The van der Waals surface area contributed by atoms with Crippen LogP contribution in [-0.2, 0) is 38.1 Å². The van der Waals surface area contributed by atoms with E-state index in [0.29, 0.717) is 29.2 Å². The number of amides is 1. The van der Waals surface area contributed by atoms with Gasteiger partial charge < -0.3 is 14.6 Å². The van der Waals surface area contributed by atoms with Crippen molar-refractivity contribution in [2.45, 2.75) is 83.8 Å². The summed E-state index contributed by atoms with van der Waals surface area (Å²) < 4.78 is 11.4. The summed E-state index contributed by atoms with van der Waals surface area (Å²) in [4.78, 5) is 26.2. The Kier molecular flexibility index (Phi) is 6.02. The topological polar surface area (TPSA) is 84.9 Å². The molecule has 2 N–H and O–H groups in total. The summed E-state index contributed by atoms with van der Waals surface area (Å²) in [6, 6.07) is 11.4. The largest absolute Gasteiger partial charge is 0.492 e. The molecule has 1 amide bonds. The molecule has 2 aliphatic carbocycles. The van der Waals surface area contributed by atoms with Gasteiger partial charge in [0.25, 0.3) is 0 Å². The van der Waals surface area contributed by atoms with Crippen LogP contribution >= 0.6 is 0 Å². The van der Waals surface area contributed by atoms with E-state index < -0.39 is 17.3 Å². The van der Waals surface area contributed by atoms with Gasteiger partial charge in [-0.15, -0.1) is 0 Å². The minimum absolute atomic E-state index is 0.0277. The van der Waals surface area contributed by atoms with Gasteiger partial charge in [-0.05, 0) is 74.3 Å². The lowest BCUT2D eigenvalue weighted by molar-refractivity contribution is -0.135. The van der Waals surface area contributed by atoms with E-state index in [0.717, 1.165) is 36.0 Å². The van der Waals surface area contributed by atoms with E-state index in [-0.39, 0.29) is 23.5 Å². The van der Waals surface area contributed by atoms with Crippen molar-refractivity contribution in [1.82, 2.24) is 0 Å². The number of aliphatic hydroxyl groups is 1. The minimum Gasteiger partial charge on any atom is -0.492 e. The summed E-state index contributed by atoms with van der Waals surface area (Å²) in [6.07, 6.45) is 2.52. The highest BCUT2D eigenvalue weighted by atomic mass is 16.6. The van der Waals surface area contributed by atoms with Crippen molar-refractivity contribution >= 4 is 23.3 Å². The minimum atomic E-state index is -1.69. The first-order valence-corrected chi connectivity index (χ1v) is 13.2. The number of carbonyl (C=O) groups is 2. The van der Waals surface area contributed by atoms with Gasteiger partial charge in [0.1, 0.15) is 11.4 Å². The molecule has 0 bridgehead atoms. The third kappa shape index (κ3) is 4.46. The van der Waals surface area contributed by atoms with Crippen molar-refractivity contribution in [2.75, 3.05) is 11.9 Å². The number of anilines is 1. The van der Waals surface area contributed by atoms with Gasteiger partial charge in [0, 0.05) is 34.7 Å². The molecule has 37 heavy (non-hydrogen) atoms. The van der Waals surface area contributed by atoms with Crippen LogP contribution in [0.4, 0.5) is 10.5 Å². The molecule has 5 rings (SSSR count). The monoisotopic (exact) mass is 503 g/mol. The maximum Gasteiger partial charge on any atom is 0.412 e. The summed E-state index contributed by atoms with van der Waals surface area (Å²) in [5.41, 5.74) is 3.53. The van der Waals surface area contributed by atoms with E-state index in [1.165, 1.54) is 5.56 Å². The van der Waals surface area contributed by atoms with Crippen LogP contribution in [0.1, 0.15) is 82.2 Å². The van der Waals surface area contributed by atoms with Crippen molar-refractivity contribution in [3.05, 3.63) is 69.8 Å². The molecule has 196 valence electrons. The molecule has 2 atom stereocenters. The van der Waals surface area contributed by atoms with E-state index in [4.69, 9.17) is 9.47 Å². The number of Topliss-reactive ketones (excluding diaryl/α,β-unsaturated/α-hetero) is 1. The number of benzene rings is 2. The predicted molar refractivity (Wildman–Crippen MR) is 143 cm³/mol. The van der Waals surface area contributed by atoms with Gasteiger partial charge in [0.05, 0.1) is 6.61 Å². The fourth-order valence-corrected chi connectivity index (χ4v) is 6.12. The van der Waals surface area contributed by atoms with Crippen LogP contribution < -0.4 is 5.32 Å². The van der Waals surface area contributed by atoms with Gasteiger partial charge >= 0.3 is 6.09 Å². The summed E-state index contributed by atoms with van der Waals surface area (Å²) >= 11 is 0. The van der Waals surface area contributed by atoms with Crippen LogP contribution in [0.15, 0.2) is 42.0 Å². The molecule has 6 nitrogen and oxygen atoms in total. The van der Waals surface area contributed by atoms with E-state index in [1.807, 2.05) is 45.9 Å². The second-order valence-corrected chi connectivity index (χ2v) is 12.4. The van der Waals surface area contributed by atoms with Crippen molar-refractivity contribution < 1.29 is 24.2 Å².